The molecule has 0 spiro atoms. The van der Waals surface area contributed by atoms with Crippen LogP contribution in [0.5, 0.6) is 0 Å². The number of amides is 2. The molecule has 0 saturated carbocycles. The van der Waals surface area contributed by atoms with Crippen LogP contribution in [0.1, 0.15) is 39.2 Å². The number of carbonyl (C=O) groups excluding carboxylic acids is 2. The number of likely N-dealkylation sites (N-methyl/N-ethyl adjacent to an activating group) is 1. The summed E-state index contributed by atoms with van der Waals surface area (Å²) in [7, 11) is 2.02. The second kappa shape index (κ2) is 8.28. The van der Waals surface area contributed by atoms with Crippen LogP contribution in [-0.4, -0.2) is 79.6 Å². The van der Waals surface area contributed by atoms with Crippen LogP contribution >= 0.6 is 0 Å². The number of carbonyl (C=O) groups is 2. The van der Waals surface area contributed by atoms with Gasteiger partial charge in [0.2, 0.25) is 5.91 Å². The van der Waals surface area contributed by atoms with E-state index in [1.807, 2.05) is 23.7 Å². The quantitative estimate of drug-likeness (QED) is 0.578. The summed E-state index contributed by atoms with van der Waals surface area (Å²) in [4.78, 5) is 37.4. The number of nitrogen functional groups attached to an aromatic ring is 1. The third kappa shape index (κ3) is 3.71. The maximum atomic E-state index is 13.4. The summed E-state index contributed by atoms with van der Waals surface area (Å²) < 4.78 is 1.82. The molecular formula is C24H31N9O2. The Morgan fingerprint density at radius 2 is 2.00 bits per heavy atom. The summed E-state index contributed by atoms with van der Waals surface area (Å²) in [5.74, 6) is 0.896. The van der Waals surface area contributed by atoms with Crippen molar-refractivity contribution in [3.63, 3.8) is 0 Å². The van der Waals surface area contributed by atoms with E-state index < -0.39 is 5.54 Å². The van der Waals surface area contributed by atoms with E-state index >= 15 is 0 Å². The standard InChI is InChI=1S/C24H31N9O2/c1-14-18(12-30(5)29-14)17-11-19(33-21(17)22(25)27-13-28-33)16-6-7-26-20(10-16)31-8-9-32(15(2)34)24(3,4)23(31)35/h6-7,10-11,13-14,18,29H,8-9,12H2,1-5H3,(H2,25,27,28). The van der Waals surface area contributed by atoms with E-state index in [0.717, 1.165) is 28.9 Å². The molecule has 2 amide bonds. The molecule has 3 aromatic rings. The lowest BCUT2D eigenvalue weighted by Crippen LogP contribution is -2.64. The molecule has 0 aromatic carbocycles. The zero-order valence-corrected chi connectivity index (χ0v) is 20.7. The number of pyridine rings is 1. The van der Waals surface area contributed by atoms with Gasteiger partial charge in [0.05, 0.1) is 5.69 Å². The average molecular weight is 478 g/mol. The number of nitrogens with zero attached hydrogens (tertiary/aromatic N) is 7. The summed E-state index contributed by atoms with van der Waals surface area (Å²) in [6.45, 7) is 8.84. The van der Waals surface area contributed by atoms with Crippen LogP contribution in [0, 0.1) is 0 Å². The number of nitrogens with two attached hydrogens (primary N) is 1. The van der Waals surface area contributed by atoms with Crippen molar-refractivity contribution in [1.29, 1.82) is 0 Å². The lowest BCUT2D eigenvalue weighted by Gasteiger charge is -2.45. The van der Waals surface area contributed by atoms with E-state index in [1.54, 1.807) is 29.8 Å². The zero-order chi connectivity index (χ0) is 25.1. The second-order valence-corrected chi connectivity index (χ2v) is 9.88. The van der Waals surface area contributed by atoms with Crippen molar-refractivity contribution in [2.45, 2.75) is 45.2 Å². The smallest absolute Gasteiger partial charge is 0.253 e. The fraction of sp³-hybridized carbons (Fsp3) is 0.458. The van der Waals surface area contributed by atoms with Crippen LogP contribution in [-0.2, 0) is 9.59 Å². The minimum Gasteiger partial charge on any atom is -0.382 e. The Kier molecular flexibility index (Phi) is 5.48. The first kappa shape index (κ1) is 23.2. The van der Waals surface area contributed by atoms with Gasteiger partial charge in [0.1, 0.15) is 23.2 Å². The van der Waals surface area contributed by atoms with Crippen molar-refractivity contribution in [2.24, 2.45) is 0 Å². The van der Waals surface area contributed by atoms with Crippen molar-refractivity contribution in [1.82, 2.24) is 34.9 Å². The molecule has 0 aliphatic carbocycles. The highest BCUT2D eigenvalue weighted by Crippen LogP contribution is 2.37. The molecule has 2 unspecified atom stereocenters. The highest BCUT2D eigenvalue weighted by molar-refractivity contribution is 6.02. The third-order valence-electron chi connectivity index (χ3n) is 7.20. The van der Waals surface area contributed by atoms with E-state index in [9.17, 15) is 9.59 Å². The van der Waals surface area contributed by atoms with Gasteiger partial charge in [-0.1, -0.05) is 0 Å². The number of nitrogens with one attached hydrogen (secondary N) is 1. The molecule has 0 radical (unpaired) electrons. The summed E-state index contributed by atoms with van der Waals surface area (Å²) in [6, 6.07) is 6.13. The predicted octanol–water partition coefficient (Wildman–Crippen LogP) is 1.27. The van der Waals surface area contributed by atoms with E-state index in [1.165, 1.54) is 13.3 Å². The average Bonchev–Trinajstić information content (AvgIpc) is 3.35. The maximum Gasteiger partial charge on any atom is 0.253 e. The Balaban J connectivity index is 1.57. The molecule has 11 heteroatoms. The first-order chi connectivity index (χ1) is 16.6. The summed E-state index contributed by atoms with van der Waals surface area (Å²) in [5, 5.41) is 6.59. The van der Waals surface area contributed by atoms with Gasteiger partial charge in [0.15, 0.2) is 5.82 Å². The molecule has 11 nitrogen and oxygen atoms in total. The Bertz CT molecular complexity index is 1320. The monoisotopic (exact) mass is 477 g/mol. The topological polar surface area (TPSA) is 125 Å². The Morgan fingerprint density at radius 3 is 2.69 bits per heavy atom. The summed E-state index contributed by atoms with van der Waals surface area (Å²) >= 11 is 0. The number of hydrogen-bond donors (Lipinski definition) is 2. The minimum atomic E-state index is -0.948. The van der Waals surface area contributed by atoms with Gasteiger partial charge in [-0.2, -0.15) is 5.10 Å². The van der Waals surface area contributed by atoms with E-state index in [-0.39, 0.29) is 23.8 Å². The van der Waals surface area contributed by atoms with E-state index in [4.69, 9.17) is 5.73 Å². The van der Waals surface area contributed by atoms with Gasteiger partial charge in [-0.15, -0.1) is 0 Å². The second-order valence-electron chi connectivity index (χ2n) is 9.88. The van der Waals surface area contributed by atoms with Crippen LogP contribution in [0.4, 0.5) is 11.6 Å². The Labute approximate surface area is 203 Å². The number of rotatable bonds is 3. The molecule has 2 aliphatic heterocycles. The molecule has 35 heavy (non-hydrogen) atoms. The minimum absolute atomic E-state index is 0.115. The maximum absolute atomic E-state index is 13.4. The lowest BCUT2D eigenvalue weighted by molar-refractivity contribution is -0.145. The molecule has 3 aromatic heterocycles. The van der Waals surface area contributed by atoms with Gasteiger partial charge in [-0.3, -0.25) is 19.9 Å². The molecule has 2 atom stereocenters. The normalized spacial score (nSPS) is 22.8. The lowest BCUT2D eigenvalue weighted by atomic mass is 9.94. The molecule has 5 heterocycles. The van der Waals surface area contributed by atoms with Crippen LogP contribution in [0.25, 0.3) is 16.8 Å². The molecular weight excluding hydrogens is 446 g/mol. The number of hydrogen-bond acceptors (Lipinski definition) is 8. The van der Waals surface area contributed by atoms with Crippen molar-refractivity contribution in [3.8, 4) is 11.3 Å². The largest absolute Gasteiger partial charge is 0.382 e. The van der Waals surface area contributed by atoms with Crippen LogP contribution in [0.2, 0.25) is 0 Å². The predicted molar refractivity (Wildman–Crippen MR) is 132 cm³/mol. The Hall–Kier alpha value is -3.57. The van der Waals surface area contributed by atoms with Crippen molar-refractivity contribution < 1.29 is 9.59 Å². The fourth-order valence-corrected chi connectivity index (χ4v) is 5.42. The first-order valence-corrected chi connectivity index (χ1v) is 11.8. The van der Waals surface area contributed by atoms with Crippen molar-refractivity contribution in [2.75, 3.05) is 37.3 Å². The van der Waals surface area contributed by atoms with Gasteiger partial charge >= 0.3 is 0 Å². The van der Waals surface area contributed by atoms with Crippen molar-refractivity contribution >= 4 is 29.0 Å². The number of fused-ring (bicyclic) bond motifs is 1. The van der Waals surface area contributed by atoms with Crippen molar-refractivity contribution in [3.05, 3.63) is 36.3 Å². The zero-order valence-electron chi connectivity index (χ0n) is 20.7. The molecule has 2 saturated heterocycles. The van der Waals surface area contributed by atoms with Crippen LogP contribution in [0.15, 0.2) is 30.7 Å². The number of anilines is 2. The molecule has 2 fully saturated rings. The van der Waals surface area contributed by atoms with Crippen LogP contribution in [0.3, 0.4) is 0 Å². The fourth-order valence-electron chi connectivity index (χ4n) is 5.42. The van der Waals surface area contributed by atoms with Gasteiger partial charge in [-0.05, 0) is 44.5 Å². The number of aromatic nitrogens is 4. The third-order valence-corrected chi connectivity index (χ3v) is 7.20. The highest BCUT2D eigenvalue weighted by atomic mass is 16.2. The van der Waals surface area contributed by atoms with Gasteiger partial charge in [0, 0.05) is 57.3 Å². The Morgan fingerprint density at radius 1 is 1.23 bits per heavy atom. The SMILES string of the molecule is CC(=O)N1CCN(c2cc(-c3cc(C4CN(C)NC4C)c4c(N)ncnn34)ccn2)C(=O)C1(C)C. The van der Waals surface area contributed by atoms with E-state index in [0.29, 0.717) is 24.7 Å². The van der Waals surface area contributed by atoms with Gasteiger partial charge < -0.3 is 10.6 Å². The van der Waals surface area contributed by atoms with Gasteiger partial charge in [0.25, 0.3) is 5.91 Å². The molecule has 2 aliphatic rings. The number of piperazine rings is 1. The number of hydrazine groups is 1. The van der Waals surface area contributed by atoms with Crippen LogP contribution < -0.4 is 16.1 Å². The molecule has 3 N–H and O–H groups in total. The highest BCUT2D eigenvalue weighted by Gasteiger charge is 2.44. The molecule has 184 valence electrons. The summed E-state index contributed by atoms with van der Waals surface area (Å²) in [5.41, 5.74) is 12.4. The molecule has 0 bridgehead atoms. The van der Waals surface area contributed by atoms with Gasteiger partial charge in [-0.25, -0.2) is 19.5 Å². The first-order valence-electron chi connectivity index (χ1n) is 11.8. The summed E-state index contributed by atoms with van der Waals surface area (Å²) in [6.07, 6.45) is 3.15. The molecule has 5 rings (SSSR count). The van der Waals surface area contributed by atoms with E-state index in [2.05, 4.69) is 38.5 Å².